The molecule has 2 heterocycles. The average molecular weight is 238 g/mol. The largest absolute Gasteiger partial charge is 0.480 e. The number of nitrogens with one attached hydrogen (secondary N) is 1. The zero-order valence-corrected chi connectivity index (χ0v) is 8.75. The molecule has 1 atom stereocenters. The first-order chi connectivity index (χ1) is 8.09. The van der Waals surface area contributed by atoms with Crippen LogP contribution in [0.4, 0.5) is 0 Å². The predicted octanol–water partition coefficient (Wildman–Crippen LogP) is -0.695. The Morgan fingerprint density at radius 2 is 2.29 bits per heavy atom. The van der Waals surface area contributed by atoms with Gasteiger partial charge in [-0.1, -0.05) is 0 Å². The van der Waals surface area contributed by atoms with Gasteiger partial charge in [0.2, 0.25) is 5.91 Å². The number of aliphatic carboxylic acids is 1. The number of nitrogens with zero attached hydrogens (tertiary/aromatic N) is 1. The van der Waals surface area contributed by atoms with Crippen molar-refractivity contribution in [3.63, 3.8) is 0 Å². The molecule has 17 heavy (non-hydrogen) atoms. The Morgan fingerprint density at radius 3 is 2.88 bits per heavy atom. The molecule has 1 fully saturated rings. The minimum absolute atomic E-state index is 0.0856. The number of hydrogen-bond acceptors (Lipinski definition) is 4. The maximum Gasteiger partial charge on any atom is 0.328 e. The number of amides is 2. The van der Waals surface area contributed by atoms with Gasteiger partial charge in [-0.3, -0.25) is 9.59 Å². The minimum Gasteiger partial charge on any atom is -0.480 e. The zero-order valence-electron chi connectivity index (χ0n) is 8.75. The van der Waals surface area contributed by atoms with Crippen molar-refractivity contribution < 1.29 is 23.9 Å². The predicted molar refractivity (Wildman–Crippen MR) is 54.2 cm³/mol. The van der Waals surface area contributed by atoms with Gasteiger partial charge in [-0.2, -0.15) is 0 Å². The number of carbonyl (C=O) groups is 3. The maximum atomic E-state index is 11.9. The molecule has 1 aromatic rings. The summed E-state index contributed by atoms with van der Waals surface area (Å²) in [5.74, 6) is -2.05. The molecule has 1 aliphatic heterocycles. The molecule has 1 saturated heterocycles. The Labute approximate surface area is 96.0 Å². The second kappa shape index (κ2) is 4.28. The van der Waals surface area contributed by atoms with Gasteiger partial charge in [0.1, 0.15) is 18.8 Å². The van der Waals surface area contributed by atoms with Crippen molar-refractivity contribution >= 4 is 17.8 Å². The zero-order chi connectivity index (χ0) is 12.4. The number of carboxylic acid groups (broad SMARTS) is 1. The summed E-state index contributed by atoms with van der Waals surface area (Å²) in [6, 6.07) is 0.378. The van der Waals surface area contributed by atoms with Gasteiger partial charge in [0.15, 0.2) is 0 Å². The van der Waals surface area contributed by atoms with Crippen LogP contribution >= 0.6 is 0 Å². The molecule has 90 valence electrons. The first-order valence-electron chi connectivity index (χ1n) is 4.92. The molecule has 0 aromatic carbocycles. The van der Waals surface area contributed by atoms with E-state index in [9.17, 15) is 14.4 Å². The van der Waals surface area contributed by atoms with Gasteiger partial charge in [-0.25, -0.2) is 4.79 Å². The molecule has 1 unspecified atom stereocenters. The third-order valence-electron chi connectivity index (χ3n) is 2.50. The van der Waals surface area contributed by atoms with Gasteiger partial charge in [-0.05, 0) is 6.07 Å². The fourth-order valence-electron chi connectivity index (χ4n) is 1.63. The molecule has 1 aromatic heterocycles. The van der Waals surface area contributed by atoms with Crippen molar-refractivity contribution in [2.24, 2.45) is 0 Å². The maximum absolute atomic E-state index is 11.9. The highest BCUT2D eigenvalue weighted by molar-refractivity contribution is 5.99. The Kier molecular flexibility index (Phi) is 2.82. The number of furan rings is 1. The third kappa shape index (κ3) is 2.12. The molecule has 2 amide bonds. The SMILES string of the molecule is O=C1CN(C(=O)c2ccoc2)C(C(=O)O)CN1. The first kappa shape index (κ1) is 11.2. The fourth-order valence-corrected chi connectivity index (χ4v) is 1.63. The van der Waals surface area contributed by atoms with E-state index in [4.69, 9.17) is 9.52 Å². The molecular weight excluding hydrogens is 228 g/mol. The standard InChI is InChI=1S/C10H10N2O5/c13-8-4-12(7(3-11-8)10(15)16)9(14)6-1-2-17-5-6/h1-2,5,7H,3-4H2,(H,11,13)(H,15,16). The molecule has 7 nitrogen and oxygen atoms in total. The molecule has 0 saturated carbocycles. The smallest absolute Gasteiger partial charge is 0.328 e. The van der Waals surface area contributed by atoms with Crippen LogP contribution in [-0.4, -0.2) is 46.9 Å². The highest BCUT2D eigenvalue weighted by Crippen LogP contribution is 2.11. The van der Waals surface area contributed by atoms with E-state index in [-0.39, 0.29) is 24.6 Å². The Hall–Kier alpha value is -2.31. The summed E-state index contributed by atoms with van der Waals surface area (Å²) >= 11 is 0. The summed E-state index contributed by atoms with van der Waals surface area (Å²) in [6.07, 6.45) is 2.53. The molecule has 0 bridgehead atoms. The second-order valence-corrected chi connectivity index (χ2v) is 3.60. The Bertz CT molecular complexity index is 453. The van der Waals surface area contributed by atoms with E-state index in [2.05, 4.69) is 5.32 Å². The van der Waals surface area contributed by atoms with Crippen molar-refractivity contribution in [1.82, 2.24) is 10.2 Å². The quantitative estimate of drug-likeness (QED) is 0.710. The molecule has 0 spiro atoms. The van der Waals surface area contributed by atoms with Gasteiger partial charge in [0.25, 0.3) is 5.91 Å². The molecular formula is C10H10N2O5. The molecule has 0 radical (unpaired) electrons. The summed E-state index contributed by atoms with van der Waals surface area (Å²) in [7, 11) is 0. The fraction of sp³-hybridized carbons (Fsp3) is 0.300. The highest BCUT2D eigenvalue weighted by Gasteiger charge is 2.35. The Balaban J connectivity index is 2.23. The summed E-state index contributed by atoms with van der Waals surface area (Å²) in [5, 5.41) is 11.4. The second-order valence-electron chi connectivity index (χ2n) is 3.60. The van der Waals surface area contributed by atoms with Gasteiger partial charge in [-0.15, -0.1) is 0 Å². The number of carbonyl (C=O) groups excluding carboxylic acids is 2. The van der Waals surface area contributed by atoms with Crippen LogP contribution in [0.2, 0.25) is 0 Å². The van der Waals surface area contributed by atoms with E-state index in [1.807, 2.05) is 0 Å². The normalized spacial score (nSPS) is 19.9. The lowest BCUT2D eigenvalue weighted by atomic mass is 10.1. The van der Waals surface area contributed by atoms with Crippen molar-refractivity contribution in [3.8, 4) is 0 Å². The number of piperazine rings is 1. The van der Waals surface area contributed by atoms with E-state index in [1.165, 1.54) is 18.6 Å². The van der Waals surface area contributed by atoms with Crippen LogP contribution in [0.3, 0.4) is 0 Å². The monoisotopic (exact) mass is 238 g/mol. The lowest BCUT2D eigenvalue weighted by molar-refractivity contribution is -0.144. The summed E-state index contributed by atoms with van der Waals surface area (Å²) < 4.78 is 4.75. The first-order valence-corrected chi connectivity index (χ1v) is 4.92. The van der Waals surface area contributed by atoms with Gasteiger partial charge in [0, 0.05) is 6.54 Å². The third-order valence-corrected chi connectivity index (χ3v) is 2.50. The van der Waals surface area contributed by atoms with E-state index >= 15 is 0 Å². The number of carboxylic acids is 1. The average Bonchev–Trinajstić information content (AvgIpc) is 2.80. The lowest BCUT2D eigenvalue weighted by Crippen LogP contribution is -2.59. The van der Waals surface area contributed by atoms with Crippen molar-refractivity contribution in [2.75, 3.05) is 13.1 Å². The van der Waals surface area contributed by atoms with E-state index in [0.717, 1.165) is 4.90 Å². The van der Waals surface area contributed by atoms with Gasteiger partial charge in [0.05, 0.1) is 11.8 Å². The van der Waals surface area contributed by atoms with Crippen molar-refractivity contribution in [2.45, 2.75) is 6.04 Å². The molecule has 2 rings (SSSR count). The van der Waals surface area contributed by atoms with Crippen LogP contribution in [0.5, 0.6) is 0 Å². The van der Waals surface area contributed by atoms with Crippen molar-refractivity contribution in [1.29, 1.82) is 0 Å². The molecule has 7 heteroatoms. The topological polar surface area (TPSA) is 99.9 Å². The van der Waals surface area contributed by atoms with Crippen LogP contribution in [-0.2, 0) is 9.59 Å². The van der Waals surface area contributed by atoms with Crippen molar-refractivity contribution in [3.05, 3.63) is 24.2 Å². The molecule has 2 N–H and O–H groups in total. The van der Waals surface area contributed by atoms with Crippen LogP contribution in [0.25, 0.3) is 0 Å². The van der Waals surface area contributed by atoms with E-state index in [0.29, 0.717) is 0 Å². The molecule has 0 aliphatic carbocycles. The number of rotatable bonds is 2. The van der Waals surface area contributed by atoms with E-state index in [1.54, 1.807) is 0 Å². The minimum atomic E-state index is -1.15. The van der Waals surface area contributed by atoms with Crippen LogP contribution in [0, 0.1) is 0 Å². The van der Waals surface area contributed by atoms with Crippen LogP contribution in [0.15, 0.2) is 23.0 Å². The Morgan fingerprint density at radius 1 is 1.53 bits per heavy atom. The van der Waals surface area contributed by atoms with Crippen LogP contribution < -0.4 is 5.32 Å². The lowest BCUT2D eigenvalue weighted by Gasteiger charge is -2.32. The highest BCUT2D eigenvalue weighted by atomic mass is 16.4. The summed E-state index contributed by atoms with van der Waals surface area (Å²) in [6.45, 7) is -0.348. The van der Waals surface area contributed by atoms with Gasteiger partial charge < -0.3 is 19.7 Å². The summed E-state index contributed by atoms with van der Waals surface area (Å²) in [5.41, 5.74) is 0.228. The molecule has 1 aliphatic rings. The number of hydrogen-bond donors (Lipinski definition) is 2. The van der Waals surface area contributed by atoms with Gasteiger partial charge >= 0.3 is 5.97 Å². The summed E-state index contributed by atoms with van der Waals surface area (Å²) in [4.78, 5) is 35.1. The van der Waals surface area contributed by atoms with E-state index < -0.39 is 17.9 Å². The van der Waals surface area contributed by atoms with Crippen LogP contribution in [0.1, 0.15) is 10.4 Å².